The first-order valence-electron chi connectivity index (χ1n) is 9.04. The summed E-state index contributed by atoms with van der Waals surface area (Å²) in [6, 6.07) is 7.35. The minimum atomic E-state index is -1.13. The Morgan fingerprint density at radius 3 is 2.15 bits per heavy atom. The van der Waals surface area contributed by atoms with E-state index in [0.29, 0.717) is 5.56 Å². The van der Waals surface area contributed by atoms with E-state index in [-0.39, 0.29) is 0 Å². The average Bonchev–Trinajstić information content (AvgIpc) is 2.55. The van der Waals surface area contributed by atoms with Crippen molar-refractivity contribution in [2.45, 2.75) is 52.2 Å². The van der Waals surface area contributed by atoms with E-state index in [1.54, 1.807) is 51.1 Å². The van der Waals surface area contributed by atoms with Gasteiger partial charge in [0.05, 0.1) is 0 Å². The van der Waals surface area contributed by atoms with Crippen LogP contribution in [0.3, 0.4) is 0 Å². The van der Waals surface area contributed by atoms with Crippen molar-refractivity contribution in [3.05, 3.63) is 35.9 Å². The monoisotopic (exact) mass is 364 g/mol. The van der Waals surface area contributed by atoms with Crippen molar-refractivity contribution in [3.63, 3.8) is 0 Å². The van der Waals surface area contributed by atoms with Crippen molar-refractivity contribution >= 4 is 12.1 Å². The van der Waals surface area contributed by atoms with Crippen LogP contribution in [0, 0.1) is 5.92 Å². The first-order chi connectivity index (χ1) is 12.1. The summed E-state index contributed by atoms with van der Waals surface area (Å²) in [7, 11) is 2.20. The molecule has 0 bridgehead atoms. The number of rotatable bonds is 3. The topological polar surface area (TPSA) is 78.9 Å². The van der Waals surface area contributed by atoms with E-state index in [2.05, 4.69) is 24.2 Å². The van der Waals surface area contributed by atoms with Gasteiger partial charge in [-0.2, -0.15) is 0 Å². The number of carboxylic acids is 1. The summed E-state index contributed by atoms with van der Waals surface area (Å²) in [4.78, 5) is 25.1. The van der Waals surface area contributed by atoms with Gasteiger partial charge in [-0.05, 0) is 65.2 Å². The van der Waals surface area contributed by atoms with Crippen LogP contribution in [0.25, 0.3) is 0 Å². The second-order valence-electron chi connectivity index (χ2n) is 7.81. The molecule has 0 spiro atoms. The molecule has 1 aliphatic heterocycles. The lowest BCUT2D eigenvalue weighted by molar-refractivity contribution is -0.139. The van der Waals surface area contributed by atoms with Gasteiger partial charge < -0.3 is 20.1 Å². The molecule has 1 aromatic rings. The Balaban J connectivity index is 0.000000350. The highest BCUT2D eigenvalue weighted by molar-refractivity contribution is 5.81. The molecule has 1 saturated heterocycles. The van der Waals surface area contributed by atoms with Crippen LogP contribution >= 0.6 is 0 Å². The number of nitrogens with one attached hydrogen (secondary N) is 1. The number of carboxylic acid groups (broad SMARTS) is 1. The Morgan fingerprint density at radius 1 is 1.19 bits per heavy atom. The number of carbonyl (C=O) groups is 2. The maximum Gasteiger partial charge on any atom is 0.408 e. The van der Waals surface area contributed by atoms with Gasteiger partial charge in [-0.1, -0.05) is 37.3 Å². The van der Waals surface area contributed by atoms with Gasteiger partial charge in [0.15, 0.2) is 6.04 Å². The largest absolute Gasteiger partial charge is 0.479 e. The van der Waals surface area contributed by atoms with Crippen LogP contribution in [0.2, 0.25) is 0 Å². The summed E-state index contributed by atoms with van der Waals surface area (Å²) in [5.41, 5.74) is -0.167. The number of piperidine rings is 1. The van der Waals surface area contributed by atoms with Gasteiger partial charge >= 0.3 is 12.1 Å². The van der Waals surface area contributed by atoms with Crippen LogP contribution in [-0.4, -0.2) is 47.8 Å². The molecule has 0 unspecified atom stereocenters. The summed E-state index contributed by atoms with van der Waals surface area (Å²) in [6.45, 7) is 10.1. The zero-order valence-corrected chi connectivity index (χ0v) is 16.5. The molecule has 6 heteroatoms. The highest BCUT2D eigenvalue weighted by Crippen LogP contribution is 2.15. The van der Waals surface area contributed by atoms with Gasteiger partial charge in [-0.25, -0.2) is 9.59 Å². The molecule has 0 saturated carbocycles. The summed E-state index contributed by atoms with van der Waals surface area (Å²) in [5.74, 6) is -0.154. The van der Waals surface area contributed by atoms with E-state index in [9.17, 15) is 9.59 Å². The number of ether oxygens (including phenoxy) is 1. The van der Waals surface area contributed by atoms with Crippen molar-refractivity contribution in [1.82, 2.24) is 10.2 Å². The summed E-state index contributed by atoms with van der Waals surface area (Å²) in [5, 5.41) is 11.4. The molecule has 0 radical (unpaired) electrons. The standard InChI is InChI=1S/C13H17NO4.C7H15N/c1-13(2,3)18-12(17)14-10(11(15)16)9-7-5-4-6-8-9;1-7-3-5-8(2)6-4-7/h4-8,10H,1-3H3,(H,14,17)(H,15,16);7H,3-6H2,1-2H3/t10-;/m1./s1. The lowest BCUT2D eigenvalue weighted by atomic mass is 10.00. The maximum absolute atomic E-state index is 11.6. The fourth-order valence-electron chi connectivity index (χ4n) is 2.50. The lowest BCUT2D eigenvalue weighted by Crippen LogP contribution is -2.38. The fraction of sp³-hybridized carbons (Fsp3) is 0.600. The van der Waals surface area contributed by atoms with Crippen molar-refractivity contribution in [3.8, 4) is 0 Å². The normalized spacial score (nSPS) is 16.8. The van der Waals surface area contributed by atoms with E-state index in [0.717, 1.165) is 5.92 Å². The number of hydrogen-bond acceptors (Lipinski definition) is 4. The van der Waals surface area contributed by atoms with Crippen molar-refractivity contribution < 1.29 is 19.4 Å². The predicted octanol–water partition coefficient (Wildman–Crippen LogP) is 3.69. The zero-order chi connectivity index (χ0) is 19.7. The van der Waals surface area contributed by atoms with E-state index in [4.69, 9.17) is 9.84 Å². The zero-order valence-electron chi connectivity index (χ0n) is 16.5. The molecule has 1 aromatic carbocycles. The highest BCUT2D eigenvalue weighted by atomic mass is 16.6. The van der Waals surface area contributed by atoms with Crippen molar-refractivity contribution in [2.75, 3.05) is 20.1 Å². The number of carbonyl (C=O) groups excluding carboxylic acids is 1. The number of hydrogen-bond donors (Lipinski definition) is 2. The predicted molar refractivity (Wildman–Crippen MR) is 102 cm³/mol. The Hall–Kier alpha value is -2.08. The molecular weight excluding hydrogens is 332 g/mol. The molecule has 146 valence electrons. The minimum Gasteiger partial charge on any atom is -0.479 e. The third-order valence-corrected chi connectivity index (χ3v) is 4.05. The molecule has 0 aliphatic carbocycles. The number of benzene rings is 1. The summed E-state index contributed by atoms with van der Waals surface area (Å²) in [6.07, 6.45) is 2.05. The first kappa shape index (κ1) is 22.0. The van der Waals surface area contributed by atoms with E-state index < -0.39 is 23.7 Å². The van der Waals surface area contributed by atoms with Crippen LogP contribution in [0.1, 0.15) is 52.1 Å². The third-order valence-electron chi connectivity index (χ3n) is 4.05. The Morgan fingerprint density at radius 2 is 1.73 bits per heavy atom. The average molecular weight is 364 g/mol. The molecule has 1 fully saturated rings. The van der Waals surface area contributed by atoms with Gasteiger partial charge in [0.2, 0.25) is 0 Å². The lowest BCUT2D eigenvalue weighted by Gasteiger charge is -2.26. The highest BCUT2D eigenvalue weighted by Gasteiger charge is 2.25. The van der Waals surface area contributed by atoms with Crippen molar-refractivity contribution in [1.29, 1.82) is 0 Å². The van der Waals surface area contributed by atoms with Crippen LogP contribution in [0.4, 0.5) is 4.79 Å². The fourth-order valence-corrected chi connectivity index (χ4v) is 2.50. The number of alkyl carbamates (subject to hydrolysis) is 1. The van der Waals surface area contributed by atoms with Crippen LogP contribution < -0.4 is 5.32 Å². The smallest absolute Gasteiger partial charge is 0.408 e. The molecule has 1 heterocycles. The Kier molecular flexibility index (Phi) is 8.58. The molecule has 1 aliphatic rings. The molecule has 2 rings (SSSR count). The van der Waals surface area contributed by atoms with Crippen LogP contribution in [0.15, 0.2) is 30.3 Å². The van der Waals surface area contributed by atoms with Crippen LogP contribution in [-0.2, 0) is 9.53 Å². The summed E-state index contributed by atoms with van der Waals surface area (Å²) >= 11 is 0. The molecule has 1 atom stereocenters. The van der Waals surface area contributed by atoms with Crippen molar-refractivity contribution in [2.24, 2.45) is 5.92 Å². The van der Waals surface area contributed by atoms with Gasteiger partial charge in [-0.15, -0.1) is 0 Å². The van der Waals surface area contributed by atoms with Gasteiger partial charge in [0.1, 0.15) is 5.60 Å². The SMILES string of the molecule is CC(C)(C)OC(=O)N[C@@H](C(=O)O)c1ccccc1.CC1CCN(C)CC1. The molecule has 2 N–H and O–H groups in total. The molecule has 6 nitrogen and oxygen atoms in total. The number of nitrogens with zero attached hydrogens (tertiary/aromatic N) is 1. The summed E-state index contributed by atoms with van der Waals surface area (Å²) < 4.78 is 5.03. The number of likely N-dealkylation sites (tertiary alicyclic amines) is 1. The number of aliphatic carboxylic acids is 1. The molecular formula is C20H32N2O4. The maximum atomic E-state index is 11.6. The molecule has 0 aromatic heterocycles. The Bertz CT molecular complexity index is 551. The molecule has 1 amide bonds. The van der Waals surface area contributed by atoms with Gasteiger partial charge in [0.25, 0.3) is 0 Å². The second kappa shape index (κ2) is 10.2. The van der Waals surface area contributed by atoms with E-state index >= 15 is 0 Å². The van der Waals surface area contributed by atoms with E-state index in [1.165, 1.54) is 25.9 Å². The molecule has 26 heavy (non-hydrogen) atoms. The van der Waals surface area contributed by atoms with E-state index in [1.807, 2.05) is 0 Å². The minimum absolute atomic E-state index is 0.496. The number of amides is 1. The van der Waals surface area contributed by atoms with Gasteiger partial charge in [0, 0.05) is 0 Å². The Labute approximate surface area is 156 Å². The second-order valence-corrected chi connectivity index (χ2v) is 7.81. The van der Waals surface area contributed by atoms with Crippen LogP contribution in [0.5, 0.6) is 0 Å². The first-order valence-corrected chi connectivity index (χ1v) is 9.04. The third kappa shape index (κ3) is 8.85. The quantitative estimate of drug-likeness (QED) is 0.855. The van der Waals surface area contributed by atoms with Gasteiger partial charge in [-0.3, -0.25) is 0 Å².